The van der Waals surface area contributed by atoms with Gasteiger partial charge in [-0.25, -0.2) is 4.98 Å². The SMILES string of the molecule is [2H]C([2H])([2H])c1cccc(C([2H])([2H])[2H])c1-c1cc(-c2ccc(C(C)(C)C)cc2)c2c(c1)-c1ccccc1-c1ccccc1-c1cc(-c3ccc4oc5ccccc5c4c3)cc3c1[n+]-2[c-]n3-c1[c-]c(Oc2[c-]c3c(cc2)c2ccccc2n3-c2cc(C(C)(C)C)ccn2)ccc1.[Pt]. The number of aromatic nitrogens is 4. The number of fused-ring (bicyclic) bond motifs is 13. The molecule has 0 atom stereocenters. The Morgan fingerprint density at radius 3 is 1.84 bits per heavy atom. The van der Waals surface area contributed by atoms with Crippen LogP contribution in [0.5, 0.6) is 11.5 Å². The van der Waals surface area contributed by atoms with E-state index < -0.39 is 13.7 Å². The minimum Gasteiger partial charge on any atom is -0.510 e. The number of benzene rings is 11. The summed E-state index contributed by atoms with van der Waals surface area (Å²) in [6, 6.07) is 82.7. The number of furan rings is 1. The molecule has 1 aliphatic rings. The predicted octanol–water partition coefficient (Wildman–Crippen LogP) is 21.0. The van der Waals surface area contributed by atoms with E-state index in [1.165, 1.54) is 18.2 Å². The monoisotopic (exact) mass is 1340 g/mol. The van der Waals surface area contributed by atoms with Crippen LogP contribution < -0.4 is 9.30 Å². The van der Waals surface area contributed by atoms with E-state index in [1.807, 2.05) is 85.1 Å². The Morgan fingerprint density at radius 1 is 0.472 bits per heavy atom. The molecular formula is C82H62N4O2Pt-2. The molecule has 7 heteroatoms. The molecule has 15 aromatic rings. The molecule has 16 rings (SSSR count). The van der Waals surface area contributed by atoms with Gasteiger partial charge in [-0.1, -0.05) is 187 Å². The molecule has 0 bridgehead atoms. The zero-order valence-electron chi connectivity index (χ0n) is 55.9. The molecule has 0 fully saturated rings. The van der Waals surface area contributed by atoms with Crippen LogP contribution in [0.2, 0.25) is 0 Å². The summed E-state index contributed by atoms with van der Waals surface area (Å²) in [5.74, 6) is 1.73. The number of imidazole rings is 1. The number of para-hydroxylation sites is 2. The Balaban J connectivity index is 0.00000743. The van der Waals surface area contributed by atoms with E-state index in [2.05, 4.69) is 201 Å². The Bertz CT molecular complexity index is 5570. The zero-order chi connectivity index (χ0) is 64.7. The maximum Gasteiger partial charge on any atom is 0.268 e. The topological polar surface area (TPSA) is 49.0 Å². The van der Waals surface area contributed by atoms with Crippen molar-refractivity contribution in [3.05, 3.63) is 271 Å². The molecule has 434 valence electrons. The van der Waals surface area contributed by atoms with Crippen LogP contribution in [0.4, 0.5) is 0 Å². The number of rotatable bonds is 7. The van der Waals surface area contributed by atoms with Crippen molar-refractivity contribution >= 4 is 54.8 Å². The average molecular weight is 1340 g/mol. The van der Waals surface area contributed by atoms with E-state index in [9.17, 15) is 0 Å². The van der Waals surface area contributed by atoms with Crippen LogP contribution in [0.15, 0.2) is 235 Å². The molecule has 0 radical (unpaired) electrons. The van der Waals surface area contributed by atoms with Gasteiger partial charge >= 0.3 is 0 Å². The minimum absolute atomic E-state index is 0. The van der Waals surface area contributed by atoms with Crippen molar-refractivity contribution in [2.45, 2.75) is 66.1 Å². The van der Waals surface area contributed by atoms with E-state index in [4.69, 9.17) is 22.4 Å². The fraction of sp³-hybridized carbons (Fsp3) is 0.122. The summed E-state index contributed by atoms with van der Waals surface area (Å²) >= 11 is 0. The van der Waals surface area contributed by atoms with Crippen molar-refractivity contribution in [3.63, 3.8) is 0 Å². The van der Waals surface area contributed by atoms with Gasteiger partial charge in [-0.3, -0.25) is 4.57 Å². The largest absolute Gasteiger partial charge is 0.510 e. The second-order valence-corrected chi connectivity index (χ2v) is 25.1. The molecule has 0 unspecified atom stereocenters. The molecule has 89 heavy (non-hydrogen) atoms. The number of pyridine rings is 1. The molecule has 0 spiro atoms. The summed E-state index contributed by atoms with van der Waals surface area (Å²) in [7, 11) is 0. The van der Waals surface area contributed by atoms with E-state index in [-0.39, 0.29) is 48.6 Å². The quantitative estimate of drug-likeness (QED) is 0.118. The molecule has 0 aliphatic carbocycles. The molecule has 11 aromatic carbocycles. The number of nitrogens with zero attached hydrogens (tertiary/aromatic N) is 4. The molecule has 0 N–H and O–H groups in total. The van der Waals surface area contributed by atoms with Crippen molar-refractivity contribution in [1.29, 1.82) is 0 Å². The van der Waals surface area contributed by atoms with E-state index >= 15 is 0 Å². The van der Waals surface area contributed by atoms with Crippen LogP contribution in [0, 0.1) is 32.2 Å². The fourth-order valence-corrected chi connectivity index (χ4v) is 13.1. The van der Waals surface area contributed by atoms with E-state index in [0.717, 1.165) is 133 Å². The van der Waals surface area contributed by atoms with Crippen LogP contribution in [-0.4, -0.2) is 14.1 Å². The summed E-state index contributed by atoms with van der Waals surface area (Å²) in [5.41, 5.74) is 17.7. The van der Waals surface area contributed by atoms with Gasteiger partial charge in [-0.2, -0.15) is 18.2 Å². The fourth-order valence-electron chi connectivity index (χ4n) is 13.1. The van der Waals surface area contributed by atoms with Gasteiger partial charge in [0.25, 0.3) is 6.33 Å². The van der Waals surface area contributed by atoms with Crippen LogP contribution in [0.25, 0.3) is 139 Å². The molecule has 0 saturated heterocycles. The van der Waals surface area contributed by atoms with Gasteiger partial charge in [0.2, 0.25) is 0 Å². The van der Waals surface area contributed by atoms with Gasteiger partial charge in [-0.15, -0.1) is 29.7 Å². The number of aryl methyl sites for hydroxylation is 2. The van der Waals surface area contributed by atoms with Crippen LogP contribution in [0.3, 0.4) is 0 Å². The van der Waals surface area contributed by atoms with E-state index in [1.54, 1.807) is 0 Å². The maximum atomic E-state index is 8.94. The smallest absolute Gasteiger partial charge is 0.268 e. The van der Waals surface area contributed by atoms with Crippen molar-refractivity contribution in [2.75, 3.05) is 0 Å². The summed E-state index contributed by atoms with van der Waals surface area (Å²) in [5, 5.41) is 4.11. The minimum atomic E-state index is -2.67. The molecule has 1 aliphatic heterocycles. The van der Waals surface area contributed by atoms with Crippen LogP contribution >= 0.6 is 0 Å². The zero-order valence-corrected chi connectivity index (χ0v) is 52.1. The van der Waals surface area contributed by atoms with Crippen LogP contribution in [0.1, 0.15) is 72.0 Å². The van der Waals surface area contributed by atoms with E-state index in [0.29, 0.717) is 22.7 Å². The van der Waals surface area contributed by atoms with Gasteiger partial charge in [0, 0.05) is 63.3 Å². The number of hydrogen-bond donors (Lipinski definition) is 0. The Labute approximate surface area is 541 Å². The second-order valence-electron chi connectivity index (χ2n) is 25.1. The first-order valence-corrected chi connectivity index (χ1v) is 29.8. The third-order valence-electron chi connectivity index (χ3n) is 17.5. The van der Waals surface area contributed by atoms with Gasteiger partial charge in [-0.05, 0) is 179 Å². The average Bonchev–Trinajstić information content (AvgIpc) is 1.63. The predicted molar refractivity (Wildman–Crippen MR) is 360 cm³/mol. The van der Waals surface area contributed by atoms with Gasteiger partial charge in [0.15, 0.2) is 0 Å². The molecule has 0 amide bonds. The molecular weight excluding hydrogens is 1270 g/mol. The van der Waals surface area contributed by atoms with Crippen molar-refractivity contribution < 1.29 is 43.0 Å². The third-order valence-corrected chi connectivity index (χ3v) is 17.5. The summed E-state index contributed by atoms with van der Waals surface area (Å²) in [4.78, 5) is 4.92. The third kappa shape index (κ3) is 9.34. The maximum absolute atomic E-state index is 8.94. The first-order valence-electron chi connectivity index (χ1n) is 32.8. The Hall–Kier alpha value is -9.87. The summed E-state index contributed by atoms with van der Waals surface area (Å²) in [6.45, 7) is 7.83. The number of ether oxygens (including phenoxy) is 1. The van der Waals surface area contributed by atoms with Crippen LogP contribution in [-0.2, 0) is 31.9 Å². The summed E-state index contributed by atoms with van der Waals surface area (Å²) < 4.78 is 73.3. The summed E-state index contributed by atoms with van der Waals surface area (Å²) in [6.07, 6.45) is 5.84. The van der Waals surface area contributed by atoms with Gasteiger partial charge in [0.1, 0.15) is 17.0 Å². The molecule has 6 nitrogen and oxygen atoms in total. The molecule has 4 aromatic heterocycles. The number of hydrogen-bond acceptors (Lipinski definition) is 3. The second kappa shape index (κ2) is 21.2. The molecule has 5 heterocycles. The molecule has 0 saturated carbocycles. The van der Waals surface area contributed by atoms with Gasteiger partial charge < -0.3 is 18.3 Å². The standard InChI is InChI=1S/C82H62N4O2.Pt/c1-50-19-17-20-51(2)78(50)55-43-68(52-31-34-56(35-32-52)81(3,4)5)79-70(44-55)63-25-11-9-23-61(63)62-24-10-12-26-64(62)71-42-54(53-33-38-76-69(41-53)67-28-14-16-30-75(67)88-76)45-74-80(71)85(79)49-84(74)58-21-18-22-59(47-58)87-60-36-37-66-65-27-13-15-29-72(65)86(73(66)48-60)77-46-57(39-40-83-77)82(6,7)8;/h9-46H,1-8H3;/q-2;/i1D3,2D3;. The normalized spacial score (nSPS) is 13.5. The first-order chi connectivity index (χ1) is 45.1. The van der Waals surface area contributed by atoms with Crippen molar-refractivity contribution in [3.8, 4) is 95.5 Å². The van der Waals surface area contributed by atoms with Crippen molar-refractivity contribution in [1.82, 2.24) is 14.1 Å². The Kier molecular flexibility index (Phi) is 11.7. The van der Waals surface area contributed by atoms with Crippen molar-refractivity contribution in [2.24, 2.45) is 0 Å². The first kappa shape index (κ1) is 49.2. The Morgan fingerprint density at radius 2 is 1.10 bits per heavy atom. The van der Waals surface area contributed by atoms with Gasteiger partial charge in [0.05, 0.1) is 16.7 Å².